The summed E-state index contributed by atoms with van der Waals surface area (Å²) in [6, 6.07) is 10.2. The second kappa shape index (κ2) is 12.2. The number of amides is 1. The zero-order valence-corrected chi connectivity index (χ0v) is 25.6. The molecule has 11 heteroatoms. The third kappa shape index (κ3) is 5.63. The molecule has 7 rings (SSSR count). The van der Waals surface area contributed by atoms with Crippen molar-refractivity contribution in [3.05, 3.63) is 58.9 Å². The number of nitrogens with zero attached hydrogens (tertiary/aromatic N) is 6. The number of halogens is 2. The molecule has 1 amide bonds. The van der Waals surface area contributed by atoms with Crippen molar-refractivity contribution in [3.63, 3.8) is 0 Å². The number of aromatic nitrogens is 1. The van der Waals surface area contributed by atoms with Crippen LogP contribution in [0.3, 0.4) is 0 Å². The molecule has 0 radical (unpaired) electrons. The second-order valence-corrected chi connectivity index (χ2v) is 13.0. The van der Waals surface area contributed by atoms with Crippen LogP contribution in [-0.2, 0) is 35.5 Å². The number of rotatable bonds is 7. The van der Waals surface area contributed by atoms with E-state index in [4.69, 9.17) is 14.5 Å². The highest BCUT2D eigenvalue weighted by Crippen LogP contribution is 2.41. The van der Waals surface area contributed by atoms with Crippen LogP contribution in [0, 0.1) is 11.3 Å². The lowest BCUT2D eigenvalue weighted by Gasteiger charge is -2.42. The maximum atomic E-state index is 14.5. The van der Waals surface area contributed by atoms with Crippen molar-refractivity contribution in [3.8, 4) is 11.9 Å². The Morgan fingerprint density at radius 1 is 1.16 bits per heavy atom. The fourth-order valence-corrected chi connectivity index (χ4v) is 8.15. The van der Waals surface area contributed by atoms with Gasteiger partial charge < -0.3 is 24.2 Å². The molecule has 3 atom stereocenters. The molecule has 2 aromatic rings. The van der Waals surface area contributed by atoms with E-state index in [9.17, 15) is 18.8 Å². The number of benzene rings is 1. The lowest BCUT2D eigenvalue weighted by Crippen LogP contribution is -2.55. The summed E-state index contributed by atoms with van der Waals surface area (Å²) in [5.74, 6) is -0.505. The normalized spacial score (nSPS) is 26.2. The number of carbonyl (C=O) groups excluding carboxylic acids is 1. The summed E-state index contributed by atoms with van der Waals surface area (Å²) in [6.45, 7) is 8.78. The van der Waals surface area contributed by atoms with Crippen molar-refractivity contribution < 1.29 is 23.0 Å². The van der Waals surface area contributed by atoms with Crippen molar-refractivity contribution in [2.45, 2.75) is 69.4 Å². The number of carbonyl (C=O) groups is 1. The number of fused-ring (bicyclic) bond motifs is 3. The number of ether oxygens (including phenoxy) is 2. The van der Waals surface area contributed by atoms with Gasteiger partial charge in [-0.1, -0.05) is 18.7 Å². The van der Waals surface area contributed by atoms with Gasteiger partial charge in [0.15, 0.2) is 5.83 Å². The van der Waals surface area contributed by atoms with Crippen LogP contribution in [0.1, 0.15) is 47.9 Å². The van der Waals surface area contributed by atoms with Crippen molar-refractivity contribution >= 4 is 17.4 Å². The predicted octanol–water partition coefficient (Wildman–Crippen LogP) is 4.09. The first kappa shape index (κ1) is 29.9. The molecular formula is C34H40F2N6O3. The van der Waals surface area contributed by atoms with E-state index in [1.54, 1.807) is 0 Å². The Bertz CT molecular complexity index is 1530. The minimum Gasteiger partial charge on any atom is -0.476 e. The fourth-order valence-electron chi connectivity index (χ4n) is 8.15. The highest BCUT2D eigenvalue weighted by Gasteiger charge is 2.49. The molecule has 238 valence electrons. The predicted molar refractivity (Wildman–Crippen MR) is 166 cm³/mol. The second-order valence-electron chi connectivity index (χ2n) is 13.0. The minimum atomic E-state index is -1.02. The van der Waals surface area contributed by atoms with E-state index >= 15 is 0 Å². The third-order valence-corrected chi connectivity index (χ3v) is 10.4. The van der Waals surface area contributed by atoms with Gasteiger partial charge in [-0.25, -0.2) is 8.78 Å². The monoisotopic (exact) mass is 618 g/mol. The van der Waals surface area contributed by atoms with Gasteiger partial charge in [-0.15, -0.1) is 0 Å². The number of anilines is 2. The van der Waals surface area contributed by atoms with Gasteiger partial charge in [-0.2, -0.15) is 10.2 Å². The first-order valence-corrected chi connectivity index (χ1v) is 16.1. The Balaban J connectivity index is 1.21. The molecule has 1 unspecified atom stereocenters. The molecule has 0 aliphatic carbocycles. The van der Waals surface area contributed by atoms with Crippen LogP contribution in [0.5, 0.6) is 5.88 Å². The van der Waals surface area contributed by atoms with Gasteiger partial charge >= 0.3 is 0 Å². The summed E-state index contributed by atoms with van der Waals surface area (Å²) in [5.41, 5.74) is 5.69. The van der Waals surface area contributed by atoms with Crippen molar-refractivity contribution in [1.29, 1.82) is 5.26 Å². The maximum Gasteiger partial charge on any atom is 0.282 e. The highest BCUT2D eigenvalue weighted by molar-refractivity contribution is 5.91. The molecule has 45 heavy (non-hydrogen) atoms. The van der Waals surface area contributed by atoms with Crippen molar-refractivity contribution in [1.82, 2.24) is 14.8 Å². The quantitative estimate of drug-likeness (QED) is 0.430. The zero-order valence-electron chi connectivity index (χ0n) is 25.6. The van der Waals surface area contributed by atoms with Gasteiger partial charge in [0.2, 0.25) is 5.88 Å². The molecule has 0 spiro atoms. The highest BCUT2D eigenvalue weighted by atomic mass is 19.1. The van der Waals surface area contributed by atoms with Gasteiger partial charge in [0.25, 0.3) is 5.91 Å². The number of hydrogen-bond acceptors (Lipinski definition) is 8. The topological polar surface area (TPSA) is 85.2 Å². The van der Waals surface area contributed by atoms with Crippen LogP contribution in [0.4, 0.5) is 20.3 Å². The molecule has 3 fully saturated rings. The first-order chi connectivity index (χ1) is 21.8. The van der Waals surface area contributed by atoms with Gasteiger partial charge in [0.05, 0.1) is 37.3 Å². The Hall–Kier alpha value is -3.75. The lowest BCUT2D eigenvalue weighted by atomic mass is 9.94. The number of alkyl halides is 1. The first-order valence-electron chi connectivity index (χ1n) is 16.1. The van der Waals surface area contributed by atoms with E-state index in [-0.39, 0.29) is 18.5 Å². The van der Waals surface area contributed by atoms with Gasteiger partial charge in [0, 0.05) is 68.6 Å². The Morgan fingerprint density at radius 2 is 2.04 bits per heavy atom. The molecule has 1 aromatic heterocycles. The summed E-state index contributed by atoms with van der Waals surface area (Å²) in [5, 5.41) is 9.53. The third-order valence-electron chi connectivity index (χ3n) is 10.4. The Labute approximate surface area is 263 Å². The average Bonchev–Trinajstić information content (AvgIpc) is 3.58. The van der Waals surface area contributed by atoms with Crippen LogP contribution in [-0.4, -0.2) is 90.9 Å². The van der Waals surface area contributed by atoms with Crippen LogP contribution in [0.2, 0.25) is 0 Å². The molecule has 0 bridgehead atoms. The van der Waals surface area contributed by atoms with Crippen LogP contribution >= 0.6 is 0 Å². The van der Waals surface area contributed by atoms with Crippen LogP contribution in [0.15, 0.2) is 36.7 Å². The smallest absolute Gasteiger partial charge is 0.282 e. The van der Waals surface area contributed by atoms with Gasteiger partial charge in [-0.05, 0) is 49.4 Å². The molecule has 0 saturated carbocycles. The molecule has 5 aliphatic heterocycles. The largest absolute Gasteiger partial charge is 0.476 e. The van der Waals surface area contributed by atoms with E-state index in [0.717, 1.165) is 62.3 Å². The summed E-state index contributed by atoms with van der Waals surface area (Å²) < 4.78 is 40.7. The van der Waals surface area contributed by atoms with Crippen molar-refractivity contribution in [2.75, 3.05) is 62.3 Å². The van der Waals surface area contributed by atoms with Crippen LogP contribution < -0.4 is 14.5 Å². The van der Waals surface area contributed by atoms with E-state index in [1.165, 1.54) is 21.7 Å². The van der Waals surface area contributed by atoms with E-state index in [0.29, 0.717) is 51.7 Å². The lowest BCUT2D eigenvalue weighted by molar-refractivity contribution is -0.131. The van der Waals surface area contributed by atoms with E-state index in [1.807, 2.05) is 6.07 Å². The Kier molecular flexibility index (Phi) is 8.12. The zero-order chi connectivity index (χ0) is 31.1. The van der Waals surface area contributed by atoms with Crippen LogP contribution in [0.25, 0.3) is 0 Å². The summed E-state index contributed by atoms with van der Waals surface area (Å²) in [7, 11) is 0. The van der Waals surface area contributed by atoms with E-state index in [2.05, 4.69) is 45.5 Å². The average molecular weight is 619 g/mol. The number of piperazine rings is 1. The minimum absolute atomic E-state index is 0.0750. The molecule has 9 nitrogen and oxygen atoms in total. The molecular weight excluding hydrogens is 578 g/mol. The number of pyridine rings is 1. The molecule has 6 heterocycles. The SMILES string of the molecule is C=C(F)C(=O)N1CCN(c2nc(OCC34CCCN3C[C@H](F)C4)cc3c2CCN(c2cccc4c2COCC4)C3)C[C@@H]1CC#N. The fraction of sp³-hybridized carbons (Fsp3) is 0.559. The summed E-state index contributed by atoms with van der Waals surface area (Å²) >= 11 is 0. The molecule has 3 saturated heterocycles. The van der Waals surface area contributed by atoms with E-state index < -0.39 is 23.9 Å². The molecule has 1 aromatic carbocycles. The standard InChI is InChI=1S/C34H40F2N6O3/c1-23(35)33(43)42-14-13-40(20-27(42)6-10-37)32-28-7-12-39(30-5-2-4-24-8-15-44-21-29(24)30)18-25(28)16-31(38-32)45-22-34-9-3-11-41(34)19-26(36)17-34/h2,4-5,16,26-27H,1,3,6-9,11-15,17-22H2/t26-,27+,34?/m1/s1. The molecule has 5 aliphatic rings. The summed E-state index contributed by atoms with van der Waals surface area (Å²) in [4.78, 5) is 25.8. The number of hydrogen-bond donors (Lipinski definition) is 0. The van der Waals surface area contributed by atoms with Crippen molar-refractivity contribution in [2.24, 2.45) is 0 Å². The van der Waals surface area contributed by atoms with Gasteiger partial charge in [-0.3, -0.25) is 9.69 Å². The maximum absolute atomic E-state index is 14.5. The Morgan fingerprint density at radius 3 is 2.89 bits per heavy atom. The van der Waals surface area contributed by atoms with Gasteiger partial charge in [0.1, 0.15) is 18.6 Å². The summed E-state index contributed by atoms with van der Waals surface area (Å²) in [6.07, 6.45) is 3.32. The number of nitriles is 1. The molecule has 0 N–H and O–H groups in total.